The van der Waals surface area contributed by atoms with Gasteiger partial charge in [-0.2, -0.15) is 5.10 Å². The Labute approximate surface area is 122 Å². The number of hydrogen-bond donors (Lipinski definition) is 1. The molecule has 0 aliphatic heterocycles. The molecule has 2 rings (SSSR count). The minimum Gasteiger partial charge on any atom is -0.478 e. The molecule has 1 heterocycles. The molecule has 0 saturated heterocycles. The third-order valence-corrected chi connectivity index (χ3v) is 3.65. The predicted octanol–water partition coefficient (Wildman–Crippen LogP) is 3.55. The Bertz CT molecular complexity index is 702. The molecule has 0 aliphatic rings. The van der Waals surface area contributed by atoms with Gasteiger partial charge in [0.25, 0.3) is 0 Å². The standard InChI is InChI=1S/C15H15ClN2O2/c1-9-8-13(6-4-12(9)5-7-14(19)20)18-11(3)15(16)10(2)17-18/h4-8H,1-3H3,(H,19,20). The van der Waals surface area contributed by atoms with Crippen LogP contribution in [0.3, 0.4) is 0 Å². The first-order valence-electron chi connectivity index (χ1n) is 6.14. The molecule has 0 amide bonds. The number of halogens is 1. The molecule has 104 valence electrons. The topological polar surface area (TPSA) is 55.1 Å². The Morgan fingerprint density at radius 1 is 1.35 bits per heavy atom. The van der Waals surface area contributed by atoms with Gasteiger partial charge < -0.3 is 5.11 Å². The Balaban J connectivity index is 2.43. The first-order valence-corrected chi connectivity index (χ1v) is 6.51. The lowest BCUT2D eigenvalue weighted by Gasteiger charge is -2.07. The van der Waals surface area contributed by atoms with Crippen molar-refractivity contribution in [2.24, 2.45) is 0 Å². The average molecular weight is 291 g/mol. The zero-order valence-electron chi connectivity index (χ0n) is 11.5. The van der Waals surface area contributed by atoms with Gasteiger partial charge in [0, 0.05) is 6.08 Å². The second-order valence-corrected chi connectivity index (χ2v) is 4.99. The molecule has 1 aromatic heterocycles. The number of aromatic nitrogens is 2. The number of benzene rings is 1. The van der Waals surface area contributed by atoms with Crippen LogP contribution in [0.1, 0.15) is 22.5 Å². The number of aryl methyl sites for hydroxylation is 2. The largest absolute Gasteiger partial charge is 0.478 e. The van der Waals surface area contributed by atoms with Crippen molar-refractivity contribution >= 4 is 23.6 Å². The van der Waals surface area contributed by atoms with Crippen LogP contribution in [0.15, 0.2) is 24.3 Å². The summed E-state index contributed by atoms with van der Waals surface area (Å²) in [6, 6.07) is 5.72. The number of hydrogen-bond acceptors (Lipinski definition) is 2. The van der Waals surface area contributed by atoms with Crippen molar-refractivity contribution in [3.05, 3.63) is 51.8 Å². The second kappa shape index (κ2) is 5.51. The van der Waals surface area contributed by atoms with Gasteiger partial charge in [-0.15, -0.1) is 0 Å². The van der Waals surface area contributed by atoms with Crippen LogP contribution in [0, 0.1) is 20.8 Å². The zero-order valence-corrected chi connectivity index (χ0v) is 12.3. The lowest BCUT2D eigenvalue weighted by Crippen LogP contribution is -2.00. The first kappa shape index (κ1) is 14.3. The van der Waals surface area contributed by atoms with E-state index in [1.54, 1.807) is 10.8 Å². The normalized spacial score (nSPS) is 11.2. The van der Waals surface area contributed by atoms with Crippen molar-refractivity contribution < 1.29 is 9.90 Å². The lowest BCUT2D eigenvalue weighted by molar-refractivity contribution is -0.131. The minimum atomic E-state index is -0.959. The molecule has 0 aliphatic carbocycles. The van der Waals surface area contributed by atoms with Crippen molar-refractivity contribution in [2.75, 3.05) is 0 Å². The quantitative estimate of drug-likeness (QED) is 0.880. The molecule has 0 unspecified atom stereocenters. The Morgan fingerprint density at radius 3 is 2.55 bits per heavy atom. The van der Waals surface area contributed by atoms with Gasteiger partial charge in [0.05, 0.1) is 22.1 Å². The van der Waals surface area contributed by atoms with Crippen molar-refractivity contribution in [3.63, 3.8) is 0 Å². The molecule has 0 spiro atoms. The number of carboxylic acids is 1. The number of aliphatic carboxylic acids is 1. The molecule has 0 atom stereocenters. The molecule has 0 radical (unpaired) electrons. The summed E-state index contributed by atoms with van der Waals surface area (Å²) in [6.45, 7) is 5.71. The van der Waals surface area contributed by atoms with E-state index in [4.69, 9.17) is 16.7 Å². The Hall–Kier alpha value is -2.07. The van der Waals surface area contributed by atoms with Gasteiger partial charge in [0.15, 0.2) is 0 Å². The van der Waals surface area contributed by atoms with Crippen molar-refractivity contribution in [2.45, 2.75) is 20.8 Å². The van der Waals surface area contributed by atoms with E-state index in [2.05, 4.69) is 5.10 Å². The summed E-state index contributed by atoms with van der Waals surface area (Å²) in [5.41, 5.74) is 4.42. The number of nitrogens with zero attached hydrogens (tertiary/aromatic N) is 2. The smallest absolute Gasteiger partial charge is 0.328 e. The molecule has 2 aromatic rings. The molecule has 1 N–H and O–H groups in total. The maximum atomic E-state index is 10.5. The van der Waals surface area contributed by atoms with E-state index >= 15 is 0 Å². The molecule has 0 saturated carbocycles. The van der Waals surface area contributed by atoms with Crippen LogP contribution in [0.4, 0.5) is 0 Å². The maximum Gasteiger partial charge on any atom is 0.328 e. The second-order valence-electron chi connectivity index (χ2n) is 4.61. The summed E-state index contributed by atoms with van der Waals surface area (Å²) >= 11 is 6.14. The number of rotatable bonds is 3. The fraction of sp³-hybridized carbons (Fsp3) is 0.200. The van der Waals surface area contributed by atoms with Gasteiger partial charge >= 0.3 is 5.97 Å². The molecule has 1 aromatic carbocycles. The summed E-state index contributed by atoms with van der Waals surface area (Å²) in [5.74, 6) is -0.959. The summed E-state index contributed by atoms with van der Waals surface area (Å²) < 4.78 is 1.79. The van der Waals surface area contributed by atoms with Crippen molar-refractivity contribution in [3.8, 4) is 5.69 Å². The third kappa shape index (κ3) is 2.75. The van der Waals surface area contributed by atoms with Gasteiger partial charge in [-0.3, -0.25) is 0 Å². The van der Waals surface area contributed by atoms with Crippen LogP contribution in [-0.2, 0) is 4.79 Å². The number of carbonyl (C=O) groups is 1. The highest BCUT2D eigenvalue weighted by Crippen LogP contribution is 2.23. The van der Waals surface area contributed by atoms with E-state index < -0.39 is 5.97 Å². The van der Waals surface area contributed by atoms with Gasteiger partial charge in [-0.05, 0) is 50.1 Å². The van der Waals surface area contributed by atoms with Gasteiger partial charge in [0.1, 0.15) is 0 Å². The van der Waals surface area contributed by atoms with Gasteiger partial charge in [-0.1, -0.05) is 17.7 Å². The van der Waals surface area contributed by atoms with E-state index in [0.717, 1.165) is 34.3 Å². The summed E-state index contributed by atoms with van der Waals surface area (Å²) in [4.78, 5) is 10.5. The third-order valence-electron chi connectivity index (χ3n) is 3.11. The van der Waals surface area contributed by atoms with E-state index in [1.165, 1.54) is 0 Å². The highest BCUT2D eigenvalue weighted by Gasteiger charge is 2.11. The van der Waals surface area contributed by atoms with E-state index in [9.17, 15) is 4.79 Å². The monoisotopic (exact) mass is 290 g/mol. The summed E-state index contributed by atoms with van der Waals surface area (Å²) in [5, 5.41) is 13.7. The van der Waals surface area contributed by atoms with E-state index in [-0.39, 0.29) is 0 Å². The van der Waals surface area contributed by atoms with Gasteiger partial charge in [-0.25, -0.2) is 9.48 Å². The molecule has 20 heavy (non-hydrogen) atoms. The maximum absolute atomic E-state index is 10.5. The zero-order chi connectivity index (χ0) is 14.9. The van der Waals surface area contributed by atoms with Crippen LogP contribution in [0.2, 0.25) is 5.02 Å². The van der Waals surface area contributed by atoms with Crippen LogP contribution >= 0.6 is 11.6 Å². The molecule has 0 fully saturated rings. The molecular formula is C15H15ClN2O2. The van der Waals surface area contributed by atoms with Crippen LogP contribution < -0.4 is 0 Å². The summed E-state index contributed by atoms with van der Waals surface area (Å²) in [6.07, 6.45) is 2.71. The van der Waals surface area contributed by atoms with Crippen LogP contribution in [0.5, 0.6) is 0 Å². The first-order chi connectivity index (χ1) is 9.40. The Kier molecular flexibility index (Phi) is 3.95. The van der Waals surface area contributed by atoms with E-state index in [1.807, 2.05) is 39.0 Å². The Morgan fingerprint density at radius 2 is 2.05 bits per heavy atom. The van der Waals surface area contributed by atoms with Crippen molar-refractivity contribution in [1.82, 2.24) is 9.78 Å². The summed E-state index contributed by atoms with van der Waals surface area (Å²) in [7, 11) is 0. The van der Waals surface area contributed by atoms with Gasteiger partial charge in [0.2, 0.25) is 0 Å². The fourth-order valence-corrected chi connectivity index (χ4v) is 2.13. The van der Waals surface area contributed by atoms with Crippen LogP contribution in [-0.4, -0.2) is 20.9 Å². The number of carboxylic acid groups (broad SMARTS) is 1. The molecule has 4 nitrogen and oxygen atoms in total. The molecule has 5 heteroatoms. The highest BCUT2D eigenvalue weighted by molar-refractivity contribution is 6.31. The predicted molar refractivity (Wildman–Crippen MR) is 79.5 cm³/mol. The van der Waals surface area contributed by atoms with Crippen molar-refractivity contribution in [1.29, 1.82) is 0 Å². The minimum absolute atomic E-state index is 0.664. The lowest BCUT2D eigenvalue weighted by atomic mass is 10.1. The van der Waals surface area contributed by atoms with Crippen LogP contribution in [0.25, 0.3) is 11.8 Å². The SMILES string of the molecule is Cc1cc(-n2nc(C)c(Cl)c2C)ccc1C=CC(=O)O. The molecule has 0 bridgehead atoms. The highest BCUT2D eigenvalue weighted by atomic mass is 35.5. The fourth-order valence-electron chi connectivity index (χ4n) is 2.01. The molecular weight excluding hydrogens is 276 g/mol. The van der Waals surface area contributed by atoms with E-state index in [0.29, 0.717) is 5.02 Å². The average Bonchev–Trinajstić information content (AvgIpc) is 2.65.